The van der Waals surface area contributed by atoms with E-state index in [1.165, 1.54) is 11.8 Å². The Labute approximate surface area is 134 Å². The number of methoxy groups -OCH3 is 2. The second-order valence-corrected chi connectivity index (χ2v) is 6.11. The van der Waals surface area contributed by atoms with Crippen LogP contribution in [-0.4, -0.2) is 35.9 Å². The summed E-state index contributed by atoms with van der Waals surface area (Å²) in [5.74, 6) is 0.742. The summed E-state index contributed by atoms with van der Waals surface area (Å²) in [7, 11) is 3.26. The molecular formula is C15H17NO3S2. The van der Waals surface area contributed by atoms with Gasteiger partial charge in [0.1, 0.15) is 10.1 Å². The largest absolute Gasteiger partial charge is 0.496 e. The van der Waals surface area contributed by atoms with Crippen LogP contribution in [0.1, 0.15) is 18.1 Å². The number of thiocarbonyl (C=S) groups is 1. The Balaban J connectivity index is 2.31. The zero-order chi connectivity index (χ0) is 15.4. The van der Waals surface area contributed by atoms with Gasteiger partial charge in [-0.25, -0.2) is 0 Å². The summed E-state index contributed by atoms with van der Waals surface area (Å²) in [5.41, 5.74) is 1.87. The van der Waals surface area contributed by atoms with Gasteiger partial charge in [-0.3, -0.25) is 9.69 Å². The predicted octanol–water partition coefficient (Wildman–Crippen LogP) is 3.06. The van der Waals surface area contributed by atoms with Crippen LogP contribution in [0.15, 0.2) is 23.1 Å². The van der Waals surface area contributed by atoms with Crippen LogP contribution in [0.4, 0.5) is 0 Å². The van der Waals surface area contributed by atoms with Gasteiger partial charge in [0, 0.05) is 19.2 Å². The van der Waals surface area contributed by atoms with Gasteiger partial charge in [-0.1, -0.05) is 30.0 Å². The molecule has 1 fully saturated rings. The molecule has 1 aliphatic heterocycles. The number of likely N-dealkylation sites (N-methyl/N-ethyl adjacent to an activating group) is 1. The number of hydrogen-bond donors (Lipinski definition) is 0. The second kappa shape index (κ2) is 7.06. The fourth-order valence-electron chi connectivity index (χ4n) is 2.08. The summed E-state index contributed by atoms with van der Waals surface area (Å²) in [6.45, 7) is 2.97. The molecule has 6 heteroatoms. The molecule has 0 N–H and O–H groups in total. The van der Waals surface area contributed by atoms with Gasteiger partial charge in [0.15, 0.2) is 0 Å². The minimum Gasteiger partial charge on any atom is -0.496 e. The third-order valence-corrected chi connectivity index (χ3v) is 4.47. The van der Waals surface area contributed by atoms with Crippen LogP contribution in [0, 0.1) is 0 Å². The third kappa shape index (κ3) is 3.45. The van der Waals surface area contributed by atoms with E-state index in [0.717, 1.165) is 16.9 Å². The Hall–Kier alpha value is -1.37. The van der Waals surface area contributed by atoms with E-state index in [-0.39, 0.29) is 5.91 Å². The first-order chi connectivity index (χ1) is 10.1. The van der Waals surface area contributed by atoms with Crippen molar-refractivity contribution in [1.29, 1.82) is 0 Å². The summed E-state index contributed by atoms with van der Waals surface area (Å²) in [6, 6.07) is 5.75. The lowest BCUT2D eigenvalue weighted by atomic mass is 10.1. The average Bonchev–Trinajstić information content (AvgIpc) is 2.73. The van der Waals surface area contributed by atoms with Crippen molar-refractivity contribution in [2.45, 2.75) is 13.5 Å². The maximum Gasteiger partial charge on any atom is 0.266 e. The Morgan fingerprint density at radius 2 is 2.14 bits per heavy atom. The predicted molar refractivity (Wildman–Crippen MR) is 89.3 cm³/mol. The van der Waals surface area contributed by atoms with Crippen molar-refractivity contribution < 1.29 is 14.3 Å². The van der Waals surface area contributed by atoms with Gasteiger partial charge in [-0.05, 0) is 30.7 Å². The minimum absolute atomic E-state index is 0.0309. The molecule has 4 nitrogen and oxygen atoms in total. The fourth-order valence-corrected chi connectivity index (χ4v) is 3.46. The van der Waals surface area contributed by atoms with E-state index in [1.807, 2.05) is 31.2 Å². The van der Waals surface area contributed by atoms with Crippen molar-refractivity contribution in [3.63, 3.8) is 0 Å². The van der Waals surface area contributed by atoms with E-state index in [0.29, 0.717) is 22.4 Å². The topological polar surface area (TPSA) is 38.8 Å². The highest BCUT2D eigenvalue weighted by Crippen LogP contribution is 2.33. The lowest BCUT2D eigenvalue weighted by Crippen LogP contribution is -2.27. The zero-order valence-electron chi connectivity index (χ0n) is 12.2. The maximum absolute atomic E-state index is 12.2. The minimum atomic E-state index is -0.0309. The number of nitrogens with zero attached hydrogens (tertiary/aromatic N) is 1. The molecule has 0 spiro atoms. The fraction of sp³-hybridized carbons (Fsp3) is 0.333. The average molecular weight is 323 g/mol. The molecule has 0 bridgehead atoms. The number of hydrogen-bond acceptors (Lipinski definition) is 5. The SMILES string of the molecule is CCN1C(=O)/C(=C\c2ccc(OC)c(COC)c2)SC1=S. The molecule has 1 aromatic rings. The molecule has 1 saturated heterocycles. The first-order valence-electron chi connectivity index (χ1n) is 6.52. The number of rotatable bonds is 5. The lowest BCUT2D eigenvalue weighted by molar-refractivity contribution is -0.121. The highest BCUT2D eigenvalue weighted by Gasteiger charge is 2.30. The molecule has 0 unspecified atom stereocenters. The molecule has 1 heterocycles. The van der Waals surface area contributed by atoms with Gasteiger partial charge in [0.05, 0.1) is 18.6 Å². The molecule has 0 aliphatic carbocycles. The molecule has 112 valence electrons. The zero-order valence-corrected chi connectivity index (χ0v) is 13.8. The van der Waals surface area contributed by atoms with Crippen molar-refractivity contribution in [1.82, 2.24) is 4.90 Å². The molecule has 0 radical (unpaired) electrons. The van der Waals surface area contributed by atoms with Crippen molar-refractivity contribution in [2.24, 2.45) is 0 Å². The van der Waals surface area contributed by atoms with Crippen LogP contribution in [0.25, 0.3) is 6.08 Å². The van der Waals surface area contributed by atoms with Crippen molar-refractivity contribution in [2.75, 3.05) is 20.8 Å². The standard InChI is InChI=1S/C15H17NO3S2/c1-4-16-14(17)13(21-15(16)20)8-10-5-6-12(19-3)11(7-10)9-18-2/h5-8H,4,9H2,1-3H3/b13-8+. The van der Waals surface area contributed by atoms with E-state index >= 15 is 0 Å². The third-order valence-electron chi connectivity index (χ3n) is 3.09. The first kappa shape index (κ1) is 16.0. The van der Waals surface area contributed by atoms with Crippen LogP contribution in [0.5, 0.6) is 5.75 Å². The monoisotopic (exact) mass is 323 g/mol. The Morgan fingerprint density at radius 1 is 1.38 bits per heavy atom. The van der Waals surface area contributed by atoms with Crippen LogP contribution in [0.2, 0.25) is 0 Å². The van der Waals surface area contributed by atoms with E-state index in [1.54, 1.807) is 19.1 Å². The number of ether oxygens (including phenoxy) is 2. The molecule has 2 rings (SSSR count). The molecule has 1 amide bonds. The van der Waals surface area contributed by atoms with Gasteiger partial charge in [-0.15, -0.1) is 0 Å². The molecule has 0 atom stereocenters. The molecule has 21 heavy (non-hydrogen) atoms. The molecule has 0 aromatic heterocycles. The van der Waals surface area contributed by atoms with Gasteiger partial charge in [0.2, 0.25) is 0 Å². The van der Waals surface area contributed by atoms with Crippen LogP contribution in [-0.2, 0) is 16.1 Å². The number of carbonyl (C=O) groups excluding carboxylic acids is 1. The number of thioether (sulfide) groups is 1. The molecule has 1 aromatic carbocycles. The Bertz CT molecular complexity index is 599. The number of carbonyl (C=O) groups is 1. The molecular weight excluding hydrogens is 306 g/mol. The Kier molecular flexibility index (Phi) is 5.39. The summed E-state index contributed by atoms with van der Waals surface area (Å²) in [6.07, 6.45) is 1.85. The van der Waals surface area contributed by atoms with Crippen LogP contribution < -0.4 is 4.74 Å². The number of amides is 1. The molecule has 1 aliphatic rings. The Morgan fingerprint density at radius 3 is 2.71 bits per heavy atom. The lowest BCUT2D eigenvalue weighted by Gasteiger charge is -2.10. The first-order valence-corrected chi connectivity index (χ1v) is 7.74. The summed E-state index contributed by atoms with van der Waals surface area (Å²) in [5, 5.41) is 0. The van der Waals surface area contributed by atoms with E-state index in [9.17, 15) is 4.79 Å². The summed E-state index contributed by atoms with van der Waals surface area (Å²) >= 11 is 6.54. The quantitative estimate of drug-likeness (QED) is 0.615. The smallest absolute Gasteiger partial charge is 0.266 e. The summed E-state index contributed by atoms with van der Waals surface area (Å²) < 4.78 is 11.1. The van der Waals surface area contributed by atoms with Gasteiger partial charge >= 0.3 is 0 Å². The van der Waals surface area contributed by atoms with Gasteiger partial charge in [-0.2, -0.15) is 0 Å². The van der Waals surface area contributed by atoms with Crippen molar-refractivity contribution in [3.05, 3.63) is 34.2 Å². The summed E-state index contributed by atoms with van der Waals surface area (Å²) in [4.78, 5) is 14.4. The van der Waals surface area contributed by atoms with E-state index in [4.69, 9.17) is 21.7 Å². The van der Waals surface area contributed by atoms with Gasteiger partial charge < -0.3 is 9.47 Å². The highest BCUT2D eigenvalue weighted by molar-refractivity contribution is 8.26. The van der Waals surface area contributed by atoms with Crippen molar-refractivity contribution >= 4 is 40.3 Å². The highest BCUT2D eigenvalue weighted by atomic mass is 32.2. The van der Waals surface area contributed by atoms with Crippen LogP contribution in [0.3, 0.4) is 0 Å². The van der Waals surface area contributed by atoms with Gasteiger partial charge in [0.25, 0.3) is 5.91 Å². The van der Waals surface area contributed by atoms with Crippen molar-refractivity contribution in [3.8, 4) is 5.75 Å². The van der Waals surface area contributed by atoms with E-state index in [2.05, 4.69) is 0 Å². The van der Waals surface area contributed by atoms with Crippen LogP contribution >= 0.6 is 24.0 Å². The normalized spacial score (nSPS) is 16.9. The molecule has 0 saturated carbocycles. The second-order valence-electron chi connectivity index (χ2n) is 4.43. The van der Waals surface area contributed by atoms with E-state index < -0.39 is 0 Å². The maximum atomic E-state index is 12.2. The number of benzene rings is 1.